The van der Waals surface area contributed by atoms with Crippen molar-refractivity contribution in [3.8, 4) is 11.5 Å². The Bertz CT molecular complexity index is 1850. The molecule has 9 nitrogen and oxygen atoms in total. The van der Waals surface area contributed by atoms with Gasteiger partial charge in [-0.15, -0.1) is 0 Å². The number of fused-ring (bicyclic) bond motifs is 1. The summed E-state index contributed by atoms with van der Waals surface area (Å²) in [5.41, 5.74) is 3.09. The summed E-state index contributed by atoms with van der Waals surface area (Å²) in [6, 6.07) is 20.3. The van der Waals surface area contributed by atoms with E-state index in [1.54, 1.807) is 63.4 Å². The van der Waals surface area contributed by atoms with Gasteiger partial charge < -0.3 is 19.3 Å². The smallest absolute Gasteiger partial charge is 0.338 e. The molecule has 5 rings (SSSR count). The molecule has 1 aliphatic rings. The molecular formula is C32H28N2O7S. The second-order valence-corrected chi connectivity index (χ2v) is 10.4. The lowest BCUT2D eigenvalue weighted by Gasteiger charge is -2.25. The first kappa shape index (κ1) is 28.6. The molecule has 2 heterocycles. The minimum atomic E-state index is -0.976. The maximum atomic E-state index is 13.8. The fourth-order valence-electron chi connectivity index (χ4n) is 4.64. The first-order chi connectivity index (χ1) is 20.3. The van der Waals surface area contributed by atoms with Gasteiger partial charge in [0.2, 0.25) is 0 Å². The maximum absolute atomic E-state index is 13.8. The molecule has 4 aromatic rings. The molecule has 0 unspecified atom stereocenters. The molecule has 1 atom stereocenters. The van der Waals surface area contributed by atoms with Gasteiger partial charge in [0.1, 0.15) is 18.1 Å². The zero-order valence-corrected chi connectivity index (χ0v) is 24.0. The Balaban J connectivity index is 1.46. The summed E-state index contributed by atoms with van der Waals surface area (Å²) in [7, 11) is 1.56. The van der Waals surface area contributed by atoms with E-state index < -0.39 is 18.0 Å². The first-order valence-corrected chi connectivity index (χ1v) is 14.0. The molecule has 0 radical (unpaired) electrons. The number of allylic oxidation sites excluding steroid dienone is 1. The monoisotopic (exact) mass is 584 g/mol. The van der Waals surface area contributed by atoms with E-state index in [-0.39, 0.29) is 24.3 Å². The van der Waals surface area contributed by atoms with Crippen molar-refractivity contribution in [2.75, 3.05) is 13.7 Å². The summed E-state index contributed by atoms with van der Waals surface area (Å²) in [5.74, 6) is -0.263. The SMILES string of the molecule is CCOC(=O)C1=C(C)N=c2s/c(=C/c3ccc(OCc4ccc(C(=O)O)cc4)cc3)c(=O)n2[C@H]1c1cccc(OC)c1. The van der Waals surface area contributed by atoms with Crippen molar-refractivity contribution in [2.24, 2.45) is 4.99 Å². The van der Waals surface area contributed by atoms with E-state index in [0.29, 0.717) is 37.7 Å². The van der Waals surface area contributed by atoms with Crippen LogP contribution >= 0.6 is 11.3 Å². The van der Waals surface area contributed by atoms with E-state index in [9.17, 15) is 14.4 Å². The zero-order chi connectivity index (χ0) is 29.8. The van der Waals surface area contributed by atoms with Crippen LogP contribution in [0.1, 0.15) is 46.9 Å². The molecule has 0 bridgehead atoms. The molecular weight excluding hydrogens is 556 g/mol. The first-order valence-electron chi connectivity index (χ1n) is 13.2. The maximum Gasteiger partial charge on any atom is 0.338 e. The van der Waals surface area contributed by atoms with Crippen molar-refractivity contribution in [1.29, 1.82) is 0 Å². The minimum Gasteiger partial charge on any atom is -0.497 e. The van der Waals surface area contributed by atoms with Crippen molar-refractivity contribution in [1.82, 2.24) is 4.57 Å². The molecule has 1 aromatic heterocycles. The number of thiazole rings is 1. The molecule has 0 spiro atoms. The van der Waals surface area contributed by atoms with Crippen molar-refractivity contribution in [3.63, 3.8) is 0 Å². The zero-order valence-electron chi connectivity index (χ0n) is 23.2. The Morgan fingerprint density at radius 3 is 2.45 bits per heavy atom. The topological polar surface area (TPSA) is 116 Å². The van der Waals surface area contributed by atoms with Crippen molar-refractivity contribution >= 4 is 29.4 Å². The van der Waals surface area contributed by atoms with E-state index in [0.717, 1.165) is 11.1 Å². The molecule has 1 aliphatic heterocycles. The number of carboxylic acids is 1. The van der Waals surface area contributed by atoms with E-state index >= 15 is 0 Å². The number of carboxylic acid groups (broad SMARTS) is 1. The molecule has 0 saturated heterocycles. The lowest BCUT2D eigenvalue weighted by atomic mass is 9.95. The predicted octanol–water partition coefficient (Wildman–Crippen LogP) is 4.08. The van der Waals surface area contributed by atoms with Crippen LogP contribution in [0.2, 0.25) is 0 Å². The van der Waals surface area contributed by atoms with Gasteiger partial charge in [-0.1, -0.05) is 47.7 Å². The number of aromatic carboxylic acids is 1. The number of benzene rings is 3. The van der Waals surface area contributed by atoms with E-state index in [1.165, 1.54) is 28.0 Å². The van der Waals surface area contributed by atoms with Gasteiger partial charge in [-0.2, -0.15) is 0 Å². The molecule has 0 fully saturated rings. The highest BCUT2D eigenvalue weighted by atomic mass is 32.1. The second-order valence-electron chi connectivity index (χ2n) is 9.44. The number of hydrogen-bond acceptors (Lipinski definition) is 8. The van der Waals surface area contributed by atoms with Crippen molar-refractivity contribution in [3.05, 3.63) is 126 Å². The fourth-order valence-corrected chi connectivity index (χ4v) is 5.69. The number of esters is 1. The molecule has 3 aromatic carbocycles. The molecule has 0 amide bonds. The lowest BCUT2D eigenvalue weighted by Crippen LogP contribution is -2.39. The number of aromatic nitrogens is 1. The number of hydrogen-bond donors (Lipinski definition) is 1. The highest BCUT2D eigenvalue weighted by Crippen LogP contribution is 2.32. The molecule has 1 N–H and O–H groups in total. The largest absolute Gasteiger partial charge is 0.497 e. The fraction of sp³-hybridized carbons (Fsp3) is 0.188. The Labute approximate surface area is 245 Å². The van der Waals surface area contributed by atoms with Gasteiger partial charge in [0.25, 0.3) is 5.56 Å². The van der Waals surface area contributed by atoms with Crippen molar-refractivity contribution in [2.45, 2.75) is 26.5 Å². The Morgan fingerprint density at radius 2 is 1.79 bits per heavy atom. The Kier molecular flexibility index (Phi) is 8.35. The summed E-state index contributed by atoms with van der Waals surface area (Å²) in [5, 5.41) is 9.04. The van der Waals surface area contributed by atoms with Gasteiger partial charge in [0.05, 0.1) is 41.1 Å². The lowest BCUT2D eigenvalue weighted by molar-refractivity contribution is -0.139. The molecule has 0 saturated carbocycles. The molecule has 10 heteroatoms. The van der Waals surface area contributed by atoms with E-state index in [2.05, 4.69) is 4.99 Å². The van der Waals surface area contributed by atoms with Crippen LogP contribution in [-0.2, 0) is 16.1 Å². The van der Waals surface area contributed by atoms with Gasteiger partial charge in [0, 0.05) is 0 Å². The van der Waals surface area contributed by atoms with Gasteiger partial charge in [0.15, 0.2) is 4.80 Å². The van der Waals surface area contributed by atoms with Gasteiger partial charge in [-0.05, 0) is 73.0 Å². The minimum absolute atomic E-state index is 0.196. The molecule has 42 heavy (non-hydrogen) atoms. The van der Waals surface area contributed by atoms with Crippen LogP contribution in [0.5, 0.6) is 11.5 Å². The summed E-state index contributed by atoms with van der Waals surface area (Å²) < 4.78 is 18.6. The average molecular weight is 585 g/mol. The summed E-state index contributed by atoms with van der Waals surface area (Å²) >= 11 is 1.25. The number of rotatable bonds is 9. The van der Waals surface area contributed by atoms with E-state index in [4.69, 9.17) is 19.3 Å². The van der Waals surface area contributed by atoms with E-state index in [1.807, 2.05) is 24.3 Å². The average Bonchev–Trinajstić information content (AvgIpc) is 3.30. The molecule has 214 valence electrons. The number of ether oxygens (including phenoxy) is 3. The Morgan fingerprint density at radius 1 is 1.05 bits per heavy atom. The predicted molar refractivity (Wildman–Crippen MR) is 158 cm³/mol. The van der Waals surface area contributed by atoms with Gasteiger partial charge >= 0.3 is 11.9 Å². The summed E-state index contributed by atoms with van der Waals surface area (Å²) in [6.45, 7) is 3.96. The standard InChI is InChI=1S/C32H28N2O7S/c1-4-40-31(38)27-19(2)33-32-34(28(27)23-6-5-7-25(17-23)39-3)29(35)26(42-32)16-20-10-14-24(15-11-20)41-18-21-8-12-22(13-9-21)30(36)37/h5-17,28H,4,18H2,1-3H3,(H,36,37)/b26-16+/t28-/m0/s1. The van der Waals surface area contributed by atoms with Crippen LogP contribution in [0.3, 0.4) is 0 Å². The Hall–Kier alpha value is -4.96. The second kappa shape index (κ2) is 12.3. The third-order valence-corrected chi connectivity index (χ3v) is 7.69. The highest BCUT2D eigenvalue weighted by Gasteiger charge is 2.33. The van der Waals surface area contributed by atoms with Gasteiger partial charge in [-0.25, -0.2) is 14.6 Å². The number of carbonyl (C=O) groups excluding carboxylic acids is 1. The molecule has 0 aliphatic carbocycles. The van der Waals surface area contributed by atoms with Crippen LogP contribution in [0, 0.1) is 0 Å². The third kappa shape index (κ3) is 5.89. The number of methoxy groups -OCH3 is 1. The normalized spacial score (nSPS) is 14.6. The van der Waals surface area contributed by atoms with Crippen LogP contribution in [-0.4, -0.2) is 35.3 Å². The van der Waals surface area contributed by atoms with Crippen molar-refractivity contribution < 1.29 is 28.9 Å². The summed E-state index contributed by atoms with van der Waals surface area (Å²) in [4.78, 5) is 43.0. The van der Waals surface area contributed by atoms with Crippen LogP contribution in [0.15, 0.2) is 93.9 Å². The quantitative estimate of drug-likeness (QED) is 0.295. The highest BCUT2D eigenvalue weighted by molar-refractivity contribution is 7.07. The summed E-state index contributed by atoms with van der Waals surface area (Å²) in [6.07, 6.45) is 1.78. The third-order valence-electron chi connectivity index (χ3n) is 6.71. The van der Waals surface area contributed by atoms with Crippen LogP contribution in [0.4, 0.5) is 0 Å². The van der Waals surface area contributed by atoms with Crippen LogP contribution in [0.25, 0.3) is 6.08 Å². The number of nitrogens with zero attached hydrogens (tertiary/aromatic N) is 2. The van der Waals surface area contributed by atoms with Gasteiger partial charge in [-0.3, -0.25) is 9.36 Å². The number of carbonyl (C=O) groups is 2. The van der Waals surface area contributed by atoms with Crippen LogP contribution < -0.4 is 24.4 Å².